The fourth-order valence-corrected chi connectivity index (χ4v) is 2.41. The molecule has 2 rings (SSSR count). The summed E-state index contributed by atoms with van der Waals surface area (Å²) in [6.07, 6.45) is 4.60. The Morgan fingerprint density at radius 3 is 2.56 bits per heavy atom. The van der Waals surface area contributed by atoms with Gasteiger partial charge in [0.15, 0.2) is 0 Å². The second-order valence-electron chi connectivity index (χ2n) is 4.07. The molecule has 0 spiro atoms. The van der Waals surface area contributed by atoms with Crippen molar-refractivity contribution in [3.8, 4) is 0 Å². The predicted molar refractivity (Wildman–Crippen MR) is 39.2 cm³/mol. The third-order valence-electron chi connectivity index (χ3n) is 3.54. The van der Waals surface area contributed by atoms with E-state index in [0.717, 1.165) is 23.7 Å². The van der Waals surface area contributed by atoms with Crippen LogP contribution in [0.25, 0.3) is 0 Å². The van der Waals surface area contributed by atoms with Gasteiger partial charge in [-0.2, -0.15) is 0 Å². The first-order valence-electron chi connectivity index (χ1n) is 4.29. The Hall–Kier alpha value is 0. The SMILES string of the molecule is CC1CCC2CC2C1C. The van der Waals surface area contributed by atoms with Crippen LogP contribution in [-0.2, 0) is 0 Å². The zero-order valence-corrected chi connectivity index (χ0v) is 6.43. The van der Waals surface area contributed by atoms with Gasteiger partial charge < -0.3 is 0 Å². The summed E-state index contributed by atoms with van der Waals surface area (Å²) in [5.41, 5.74) is 0. The van der Waals surface area contributed by atoms with E-state index in [1.165, 1.54) is 12.8 Å². The third kappa shape index (κ3) is 0.798. The van der Waals surface area contributed by atoms with Crippen molar-refractivity contribution < 1.29 is 0 Å². The van der Waals surface area contributed by atoms with Crippen molar-refractivity contribution in [3.63, 3.8) is 0 Å². The third-order valence-corrected chi connectivity index (χ3v) is 3.54. The van der Waals surface area contributed by atoms with Gasteiger partial charge in [-0.1, -0.05) is 20.3 Å². The van der Waals surface area contributed by atoms with Crippen LogP contribution < -0.4 is 0 Å². The Balaban J connectivity index is 2.02. The van der Waals surface area contributed by atoms with E-state index in [1.807, 2.05) is 0 Å². The van der Waals surface area contributed by atoms with Crippen molar-refractivity contribution in [1.29, 1.82) is 0 Å². The number of rotatable bonds is 0. The molecule has 0 bridgehead atoms. The molecule has 0 aliphatic heterocycles. The summed E-state index contributed by atoms with van der Waals surface area (Å²) in [4.78, 5) is 0. The maximum atomic E-state index is 2.44. The van der Waals surface area contributed by atoms with Crippen molar-refractivity contribution in [2.75, 3.05) is 0 Å². The molecular weight excluding hydrogens is 108 g/mol. The van der Waals surface area contributed by atoms with Crippen molar-refractivity contribution in [2.24, 2.45) is 23.7 Å². The summed E-state index contributed by atoms with van der Waals surface area (Å²) >= 11 is 0. The number of fused-ring (bicyclic) bond motifs is 1. The maximum Gasteiger partial charge on any atom is -0.0355 e. The highest BCUT2D eigenvalue weighted by Gasteiger charge is 2.45. The van der Waals surface area contributed by atoms with E-state index in [0.29, 0.717) is 0 Å². The lowest BCUT2D eigenvalue weighted by Gasteiger charge is -2.24. The fraction of sp³-hybridized carbons (Fsp3) is 1.00. The van der Waals surface area contributed by atoms with Crippen LogP contribution in [0.4, 0.5) is 0 Å². The molecule has 9 heavy (non-hydrogen) atoms. The largest absolute Gasteiger partial charge is 0.0622 e. The lowest BCUT2D eigenvalue weighted by Crippen LogP contribution is -2.15. The fourth-order valence-electron chi connectivity index (χ4n) is 2.41. The van der Waals surface area contributed by atoms with E-state index in [2.05, 4.69) is 13.8 Å². The maximum absolute atomic E-state index is 2.44. The highest BCUT2D eigenvalue weighted by molar-refractivity contribution is 4.95. The molecule has 0 aromatic carbocycles. The standard InChI is InChI=1S/C9H16/c1-6-3-4-8-5-9(8)7(6)2/h6-9H,3-5H2,1-2H3. The lowest BCUT2D eigenvalue weighted by molar-refractivity contribution is 0.259. The first-order valence-corrected chi connectivity index (χ1v) is 4.29. The van der Waals surface area contributed by atoms with E-state index in [1.54, 1.807) is 6.42 Å². The van der Waals surface area contributed by atoms with Crippen molar-refractivity contribution in [3.05, 3.63) is 0 Å². The zero-order valence-electron chi connectivity index (χ0n) is 6.43. The van der Waals surface area contributed by atoms with Gasteiger partial charge in [0.05, 0.1) is 0 Å². The van der Waals surface area contributed by atoms with Crippen LogP contribution in [0.5, 0.6) is 0 Å². The normalized spacial score (nSPS) is 56.7. The van der Waals surface area contributed by atoms with Gasteiger partial charge in [0, 0.05) is 0 Å². The molecular formula is C9H16. The van der Waals surface area contributed by atoms with Gasteiger partial charge in [-0.05, 0) is 36.5 Å². The smallest absolute Gasteiger partial charge is 0.0355 e. The minimum absolute atomic E-state index is 1.02. The molecule has 2 fully saturated rings. The summed E-state index contributed by atoms with van der Waals surface area (Å²) in [7, 11) is 0. The predicted octanol–water partition coefficient (Wildman–Crippen LogP) is 2.69. The van der Waals surface area contributed by atoms with E-state index >= 15 is 0 Å². The second-order valence-corrected chi connectivity index (χ2v) is 4.07. The van der Waals surface area contributed by atoms with Crippen molar-refractivity contribution in [1.82, 2.24) is 0 Å². The second kappa shape index (κ2) is 1.74. The van der Waals surface area contributed by atoms with Crippen LogP contribution in [0.1, 0.15) is 33.1 Å². The van der Waals surface area contributed by atoms with E-state index in [-0.39, 0.29) is 0 Å². The molecule has 2 saturated carbocycles. The molecule has 0 heterocycles. The van der Waals surface area contributed by atoms with E-state index < -0.39 is 0 Å². The summed E-state index contributed by atoms with van der Waals surface area (Å²) in [5.74, 6) is 4.38. The van der Waals surface area contributed by atoms with Gasteiger partial charge in [-0.3, -0.25) is 0 Å². The summed E-state index contributed by atoms with van der Waals surface area (Å²) in [5, 5.41) is 0. The highest BCUT2D eigenvalue weighted by Crippen LogP contribution is 2.54. The lowest BCUT2D eigenvalue weighted by atomic mass is 9.82. The summed E-state index contributed by atoms with van der Waals surface area (Å²) in [6.45, 7) is 4.85. The Kier molecular flexibility index (Phi) is 1.12. The molecule has 0 aromatic rings. The molecule has 4 atom stereocenters. The van der Waals surface area contributed by atoms with Gasteiger partial charge in [0.2, 0.25) is 0 Å². The van der Waals surface area contributed by atoms with E-state index in [9.17, 15) is 0 Å². The molecule has 52 valence electrons. The van der Waals surface area contributed by atoms with E-state index in [4.69, 9.17) is 0 Å². The quantitative estimate of drug-likeness (QED) is 0.465. The van der Waals surface area contributed by atoms with Gasteiger partial charge in [-0.25, -0.2) is 0 Å². The first kappa shape index (κ1) is 5.76. The van der Waals surface area contributed by atoms with Crippen LogP contribution >= 0.6 is 0 Å². The van der Waals surface area contributed by atoms with Crippen molar-refractivity contribution >= 4 is 0 Å². The molecule has 0 radical (unpaired) electrons. The van der Waals surface area contributed by atoms with Gasteiger partial charge in [0.1, 0.15) is 0 Å². The van der Waals surface area contributed by atoms with Crippen molar-refractivity contribution in [2.45, 2.75) is 33.1 Å². The Labute approximate surface area is 57.6 Å². The van der Waals surface area contributed by atoms with Gasteiger partial charge >= 0.3 is 0 Å². The Morgan fingerprint density at radius 2 is 1.89 bits per heavy atom. The molecule has 0 saturated heterocycles. The molecule has 0 aromatic heterocycles. The zero-order chi connectivity index (χ0) is 6.43. The average Bonchev–Trinajstić information content (AvgIpc) is 2.58. The highest BCUT2D eigenvalue weighted by atomic mass is 14.5. The molecule has 0 N–H and O–H groups in total. The topological polar surface area (TPSA) is 0 Å². The molecule has 2 aliphatic carbocycles. The first-order chi connectivity index (χ1) is 4.29. The minimum atomic E-state index is 1.02. The van der Waals surface area contributed by atoms with Crippen LogP contribution in [0, 0.1) is 23.7 Å². The van der Waals surface area contributed by atoms with Crippen LogP contribution in [0.3, 0.4) is 0 Å². The Bertz CT molecular complexity index is 115. The van der Waals surface area contributed by atoms with Crippen LogP contribution in [-0.4, -0.2) is 0 Å². The molecule has 4 unspecified atom stereocenters. The van der Waals surface area contributed by atoms with Crippen LogP contribution in [0.15, 0.2) is 0 Å². The summed E-state index contributed by atoms with van der Waals surface area (Å²) < 4.78 is 0. The monoisotopic (exact) mass is 124 g/mol. The molecule has 0 nitrogen and oxygen atoms in total. The van der Waals surface area contributed by atoms with Gasteiger partial charge in [-0.15, -0.1) is 0 Å². The minimum Gasteiger partial charge on any atom is -0.0622 e. The summed E-state index contributed by atoms with van der Waals surface area (Å²) in [6, 6.07) is 0. The molecule has 2 aliphatic rings. The average molecular weight is 124 g/mol. The number of hydrogen-bond donors (Lipinski definition) is 0. The molecule has 0 amide bonds. The number of hydrogen-bond acceptors (Lipinski definition) is 0. The molecule has 0 heteroatoms. The van der Waals surface area contributed by atoms with Gasteiger partial charge in [0.25, 0.3) is 0 Å². The Morgan fingerprint density at radius 1 is 1.11 bits per heavy atom. The van der Waals surface area contributed by atoms with Crippen LogP contribution in [0.2, 0.25) is 0 Å².